The van der Waals surface area contributed by atoms with Crippen molar-refractivity contribution in [2.45, 2.75) is 39.3 Å². The fourth-order valence-corrected chi connectivity index (χ4v) is 1.85. The van der Waals surface area contributed by atoms with Gasteiger partial charge in [-0.15, -0.1) is 0 Å². The minimum Gasteiger partial charge on any atom is -0.497 e. The third-order valence-electron chi connectivity index (χ3n) is 2.98. The molecule has 0 spiro atoms. The summed E-state index contributed by atoms with van der Waals surface area (Å²) in [4.78, 5) is 0. The fraction of sp³-hybridized carbons (Fsp3) is 0.600. The van der Waals surface area contributed by atoms with Crippen LogP contribution in [-0.2, 0) is 4.74 Å². The zero-order chi connectivity index (χ0) is 13.6. The van der Waals surface area contributed by atoms with Gasteiger partial charge < -0.3 is 14.8 Å². The van der Waals surface area contributed by atoms with Crippen LogP contribution in [0, 0.1) is 0 Å². The summed E-state index contributed by atoms with van der Waals surface area (Å²) in [5, 5.41) is 3.50. The molecule has 3 heteroatoms. The summed E-state index contributed by atoms with van der Waals surface area (Å²) in [5.41, 5.74) is 1.12. The van der Waals surface area contributed by atoms with E-state index in [-0.39, 0.29) is 5.60 Å². The van der Waals surface area contributed by atoms with Crippen LogP contribution in [-0.4, -0.2) is 25.9 Å². The molecule has 0 heterocycles. The van der Waals surface area contributed by atoms with E-state index in [1.807, 2.05) is 19.1 Å². The summed E-state index contributed by atoms with van der Waals surface area (Å²) in [7, 11) is 1.68. The third-order valence-corrected chi connectivity index (χ3v) is 2.98. The Morgan fingerprint density at radius 3 is 2.33 bits per heavy atom. The van der Waals surface area contributed by atoms with Gasteiger partial charge in [0, 0.05) is 19.2 Å². The SMILES string of the molecule is CCOC(C)(C)CNC(C)c1ccc(OC)cc1. The average molecular weight is 251 g/mol. The van der Waals surface area contributed by atoms with E-state index in [9.17, 15) is 0 Å². The molecule has 0 aromatic heterocycles. The first-order valence-electron chi connectivity index (χ1n) is 6.50. The molecule has 0 aliphatic heterocycles. The minimum atomic E-state index is -0.129. The van der Waals surface area contributed by atoms with Crippen LogP contribution in [0.3, 0.4) is 0 Å². The van der Waals surface area contributed by atoms with Gasteiger partial charge in [-0.3, -0.25) is 0 Å². The second-order valence-electron chi connectivity index (χ2n) is 5.07. The normalized spacial score (nSPS) is 13.4. The highest BCUT2D eigenvalue weighted by Gasteiger charge is 2.18. The van der Waals surface area contributed by atoms with Gasteiger partial charge in [0.25, 0.3) is 0 Å². The maximum absolute atomic E-state index is 5.67. The van der Waals surface area contributed by atoms with Crippen molar-refractivity contribution in [1.29, 1.82) is 0 Å². The van der Waals surface area contributed by atoms with Gasteiger partial charge in [0.2, 0.25) is 0 Å². The summed E-state index contributed by atoms with van der Waals surface area (Å²) >= 11 is 0. The van der Waals surface area contributed by atoms with Gasteiger partial charge in [-0.2, -0.15) is 0 Å². The number of methoxy groups -OCH3 is 1. The first-order valence-corrected chi connectivity index (χ1v) is 6.50. The first kappa shape index (κ1) is 15.0. The van der Waals surface area contributed by atoms with E-state index >= 15 is 0 Å². The van der Waals surface area contributed by atoms with E-state index in [2.05, 4.69) is 38.2 Å². The molecule has 18 heavy (non-hydrogen) atoms. The lowest BCUT2D eigenvalue weighted by Crippen LogP contribution is -2.38. The van der Waals surface area contributed by atoms with Crippen LogP contribution in [0.25, 0.3) is 0 Å². The molecule has 3 nitrogen and oxygen atoms in total. The molecule has 0 saturated carbocycles. The van der Waals surface area contributed by atoms with E-state index in [1.165, 1.54) is 5.56 Å². The lowest BCUT2D eigenvalue weighted by Gasteiger charge is -2.27. The first-order chi connectivity index (χ1) is 8.48. The summed E-state index contributed by atoms with van der Waals surface area (Å²) in [6.07, 6.45) is 0. The predicted molar refractivity (Wildman–Crippen MR) is 75.1 cm³/mol. The van der Waals surface area contributed by atoms with Crippen molar-refractivity contribution in [2.24, 2.45) is 0 Å². The largest absolute Gasteiger partial charge is 0.497 e. The average Bonchev–Trinajstić information content (AvgIpc) is 2.36. The topological polar surface area (TPSA) is 30.5 Å². The zero-order valence-electron chi connectivity index (χ0n) is 12.1. The molecule has 0 radical (unpaired) electrons. The Morgan fingerprint density at radius 2 is 1.83 bits per heavy atom. The molecule has 0 saturated heterocycles. The second-order valence-corrected chi connectivity index (χ2v) is 5.07. The maximum atomic E-state index is 5.67. The van der Waals surface area contributed by atoms with E-state index in [0.717, 1.165) is 18.9 Å². The second kappa shape index (κ2) is 6.76. The van der Waals surface area contributed by atoms with E-state index in [0.29, 0.717) is 6.04 Å². The molecule has 0 aliphatic carbocycles. The highest BCUT2D eigenvalue weighted by Crippen LogP contribution is 2.18. The van der Waals surface area contributed by atoms with Crippen molar-refractivity contribution < 1.29 is 9.47 Å². The minimum absolute atomic E-state index is 0.129. The molecule has 0 aliphatic rings. The Balaban J connectivity index is 2.51. The van der Waals surface area contributed by atoms with Gasteiger partial charge in [0.1, 0.15) is 5.75 Å². The molecule has 102 valence electrons. The molecule has 0 bridgehead atoms. The number of hydrogen-bond donors (Lipinski definition) is 1. The lowest BCUT2D eigenvalue weighted by atomic mass is 10.1. The maximum Gasteiger partial charge on any atom is 0.118 e. The highest BCUT2D eigenvalue weighted by atomic mass is 16.5. The van der Waals surface area contributed by atoms with E-state index in [4.69, 9.17) is 9.47 Å². The third kappa shape index (κ3) is 4.67. The highest BCUT2D eigenvalue weighted by molar-refractivity contribution is 5.28. The Kier molecular flexibility index (Phi) is 5.63. The molecule has 1 atom stereocenters. The molecular weight excluding hydrogens is 226 g/mol. The quantitative estimate of drug-likeness (QED) is 0.807. The number of rotatable bonds is 7. The van der Waals surface area contributed by atoms with Crippen molar-refractivity contribution >= 4 is 0 Å². The molecular formula is C15H25NO2. The predicted octanol–water partition coefficient (Wildman–Crippen LogP) is 3.16. The van der Waals surface area contributed by atoms with Crippen molar-refractivity contribution in [1.82, 2.24) is 5.32 Å². The molecule has 1 rings (SSSR count). The summed E-state index contributed by atoms with van der Waals surface area (Å²) in [6, 6.07) is 8.45. The number of ether oxygens (including phenoxy) is 2. The van der Waals surface area contributed by atoms with Crippen LogP contribution in [0.2, 0.25) is 0 Å². The van der Waals surface area contributed by atoms with Crippen molar-refractivity contribution in [3.8, 4) is 5.75 Å². The van der Waals surface area contributed by atoms with Gasteiger partial charge in [0.05, 0.1) is 12.7 Å². The Labute approximate surface area is 110 Å². The molecule has 1 N–H and O–H groups in total. The number of nitrogens with one attached hydrogen (secondary N) is 1. The van der Waals surface area contributed by atoms with Crippen LogP contribution in [0.4, 0.5) is 0 Å². The van der Waals surface area contributed by atoms with E-state index < -0.39 is 0 Å². The number of benzene rings is 1. The van der Waals surface area contributed by atoms with Crippen LogP contribution in [0.1, 0.15) is 39.3 Å². The van der Waals surface area contributed by atoms with Gasteiger partial charge in [-0.25, -0.2) is 0 Å². The van der Waals surface area contributed by atoms with Crippen LogP contribution < -0.4 is 10.1 Å². The van der Waals surface area contributed by atoms with E-state index in [1.54, 1.807) is 7.11 Å². The molecule has 1 aromatic carbocycles. The van der Waals surface area contributed by atoms with Crippen LogP contribution in [0.15, 0.2) is 24.3 Å². The Morgan fingerprint density at radius 1 is 1.22 bits per heavy atom. The summed E-state index contributed by atoms with van der Waals surface area (Å²) < 4.78 is 10.8. The van der Waals surface area contributed by atoms with Crippen molar-refractivity contribution in [3.05, 3.63) is 29.8 Å². The summed E-state index contributed by atoms with van der Waals surface area (Å²) in [5.74, 6) is 0.889. The lowest BCUT2D eigenvalue weighted by molar-refractivity contribution is -0.0103. The van der Waals surface area contributed by atoms with Gasteiger partial charge >= 0.3 is 0 Å². The summed E-state index contributed by atoms with van der Waals surface area (Å²) in [6.45, 7) is 9.95. The smallest absolute Gasteiger partial charge is 0.118 e. The Hall–Kier alpha value is -1.06. The van der Waals surface area contributed by atoms with Crippen molar-refractivity contribution in [2.75, 3.05) is 20.3 Å². The van der Waals surface area contributed by atoms with Gasteiger partial charge in [-0.1, -0.05) is 12.1 Å². The Bertz CT molecular complexity index is 346. The number of hydrogen-bond acceptors (Lipinski definition) is 3. The van der Waals surface area contributed by atoms with Gasteiger partial charge in [-0.05, 0) is 45.4 Å². The monoisotopic (exact) mass is 251 g/mol. The van der Waals surface area contributed by atoms with Crippen molar-refractivity contribution in [3.63, 3.8) is 0 Å². The molecule has 1 aromatic rings. The molecule has 0 fully saturated rings. The molecule has 0 amide bonds. The fourth-order valence-electron chi connectivity index (χ4n) is 1.85. The van der Waals surface area contributed by atoms with Crippen LogP contribution >= 0.6 is 0 Å². The molecule has 1 unspecified atom stereocenters. The van der Waals surface area contributed by atoms with Crippen LogP contribution in [0.5, 0.6) is 5.75 Å². The zero-order valence-corrected chi connectivity index (χ0v) is 12.1. The van der Waals surface area contributed by atoms with Gasteiger partial charge in [0.15, 0.2) is 0 Å². The standard InChI is InChI=1S/C15H25NO2/c1-6-18-15(3,4)11-16-12(2)13-7-9-14(17-5)10-8-13/h7-10,12,16H,6,11H2,1-5H3.